The van der Waals surface area contributed by atoms with Crippen LogP contribution in [0.25, 0.3) is 0 Å². The van der Waals surface area contributed by atoms with Crippen LogP contribution in [0.4, 0.5) is 5.69 Å². The second kappa shape index (κ2) is 5.87. The van der Waals surface area contributed by atoms with Gasteiger partial charge in [-0.25, -0.2) is 0 Å². The van der Waals surface area contributed by atoms with Crippen molar-refractivity contribution in [1.82, 2.24) is 4.90 Å². The Labute approximate surface area is 116 Å². The van der Waals surface area contributed by atoms with Gasteiger partial charge in [-0.05, 0) is 18.9 Å². The predicted molar refractivity (Wildman–Crippen MR) is 72.8 cm³/mol. The van der Waals surface area contributed by atoms with Crippen LogP contribution in [0.3, 0.4) is 0 Å². The normalized spacial score (nSPS) is 16.0. The van der Waals surface area contributed by atoms with Crippen LogP contribution in [0.15, 0.2) is 18.2 Å². The summed E-state index contributed by atoms with van der Waals surface area (Å²) in [6, 6.07) is 4.30. The second-order valence-electron chi connectivity index (χ2n) is 4.77. The van der Waals surface area contributed by atoms with Crippen LogP contribution < -0.4 is 10.5 Å². The molecule has 20 heavy (non-hydrogen) atoms. The van der Waals surface area contributed by atoms with Crippen LogP contribution in [0.5, 0.6) is 5.75 Å². The van der Waals surface area contributed by atoms with E-state index in [0.29, 0.717) is 18.7 Å². The summed E-state index contributed by atoms with van der Waals surface area (Å²) in [4.78, 5) is 24.3. The molecule has 1 fully saturated rings. The summed E-state index contributed by atoms with van der Waals surface area (Å²) in [7, 11) is 1.34. The lowest BCUT2D eigenvalue weighted by atomic mass is 10.0. The van der Waals surface area contributed by atoms with Crippen molar-refractivity contribution < 1.29 is 14.5 Å². The summed E-state index contributed by atoms with van der Waals surface area (Å²) in [5, 5.41) is 10.8. The van der Waals surface area contributed by atoms with E-state index in [0.717, 1.165) is 12.8 Å². The molecule has 0 atom stereocenters. The summed E-state index contributed by atoms with van der Waals surface area (Å²) in [5.74, 6) is -0.0559. The quantitative estimate of drug-likeness (QED) is 0.661. The molecule has 2 N–H and O–H groups in total. The Kier molecular flexibility index (Phi) is 4.19. The Balaban J connectivity index is 2.20. The largest absolute Gasteiger partial charge is 0.490 e. The zero-order valence-electron chi connectivity index (χ0n) is 11.2. The summed E-state index contributed by atoms with van der Waals surface area (Å²) in [6.45, 7) is 1.22. The van der Waals surface area contributed by atoms with Crippen molar-refractivity contribution in [3.8, 4) is 5.75 Å². The maximum Gasteiger partial charge on any atom is 0.310 e. The van der Waals surface area contributed by atoms with Crippen molar-refractivity contribution in [2.75, 3.05) is 20.2 Å². The van der Waals surface area contributed by atoms with Crippen LogP contribution in [-0.4, -0.2) is 42.0 Å². The number of nitrogens with two attached hydrogens (primary N) is 1. The van der Waals surface area contributed by atoms with E-state index in [2.05, 4.69) is 0 Å². The Morgan fingerprint density at radius 2 is 2.10 bits per heavy atom. The molecule has 1 heterocycles. The average molecular weight is 279 g/mol. The number of rotatable bonds is 3. The number of ether oxygens (including phenoxy) is 1. The number of likely N-dealkylation sites (tertiary alicyclic amines) is 1. The van der Waals surface area contributed by atoms with E-state index in [1.54, 1.807) is 4.90 Å². The molecule has 0 radical (unpaired) electrons. The van der Waals surface area contributed by atoms with Gasteiger partial charge in [-0.1, -0.05) is 0 Å². The van der Waals surface area contributed by atoms with Gasteiger partial charge >= 0.3 is 5.69 Å². The zero-order chi connectivity index (χ0) is 14.7. The number of carbonyl (C=O) groups is 1. The van der Waals surface area contributed by atoms with Crippen molar-refractivity contribution in [2.24, 2.45) is 5.73 Å². The lowest BCUT2D eigenvalue weighted by molar-refractivity contribution is -0.385. The molecular formula is C13H17N3O4. The molecule has 1 amide bonds. The highest BCUT2D eigenvalue weighted by Gasteiger charge is 2.24. The molecule has 0 saturated carbocycles. The third-order valence-corrected chi connectivity index (χ3v) is 3.45. The van der Waals surface area contributed by atoms with E-state index in [4.69, 9.17) is 10.5 Å². The molecule has 108 valence electrons. The summed E-state index contributed by atoms with van der Waals surface area (Å²) >= 11 is 0. The smallest absolute Gasteiger partial charge is 0.310 e. The maximum atomic E-state index is 12.3. The molecule has 7 nitrogen and oxygen atoms in total. The van der Waals surface area contributed by atoms with Gasteiger partial charge in [0.15, 0.2) is 5.75 Å². The second-order valence-corrected chi connectivity index (χ2v) is 4.77. The number of methoxy groups -OCH3 is 1. The lowest BCUT2D eigenvalue weighted by Crippen LogP contribution is -2.42. The fourth-order valence-electron chi connectivity index (χ4n) is 2.25. The highest BCUT2D eigenvalue weighted by Crippen LogP contribution is 2.28. The Bertz CT molecular complexity index is 524. The molecule has 7 heteroatoms. The SMILES string of the molecule is COc1cc(C(=O)N2CCC(N)CC2)ccc1[N+](=O)[O-]. The number of benzene rings is 1. The Morgan fingerprint density at radius 1 is 1.45 bits per heavy atom. The van der Waals surface area contributed by atoms with Crippen LogP contribution in [0, 0.1) is 10.1 Å². The van der Waals surface area contributed by atoms with E-state index in [9.17, 15) is 14.9 Å². The molecule has 0 bridgehead atoms. The van der Waals surface area contributed by atoms with Crippen molar-refractivity contribution >= 4 is 11.6 Å². The monoisotopic (exact) mass is 279 g/mol. The molecule has 1 saturated heterocycles. The van der Waals surface area contributed by atoms with Gasteiger partial charge in [0.25, 0.3) is 5.91 Å². The minimum absolute atomic E-state index is 0.0922. The highest BCUT2D eigenvalue weighted by atomic mass is 16.6. The topological polar surface area (TPSA) is 98.7 Å². The van der Waals surface area contributed by atoms with Crippen LogP contribution >= 0.6 is 0 Å². The minimum Gasteiger partial charge on any atom is -0.490 e. The van der Waals surface area contributed by atoms with Crippen molar-refractivity contribution in [1.29, 1.82) is 0 Å². The standard InChI is InChI=1S/C13H17N3O4/c1-20-12-8-9(2-3-11(12)16(18)19)13(17)15-6-4-10(14)5-7-15/h2-3,8,10H,4-7,14H2,1H3. The van der Waals surface area contributed by atoms with E-state index in [-0.39, 0.29) is 23.4 Å². The lowest BCUT2D eigenvalue weighted by Gasteiger charge is -2.30. The number of piperidine rings is 1. The van der Waals surface area contributed by atoms with E-state index in [1.165, 1.54) is 25.3 Å². The Hall–Kier alpha value is -2.15. The number of nitro groups is 1. The molecule has 0 unspecified atom stereocenters. The van der Waals surface area contributed by atoms with E-state index >= 15 is 0 Å². The van der Waals surface area contributed by atoms with E-state index < -0.39 is 4.92 Å². The minimum atomic E-state index is -0.535. The van der Waals surface area contributed by atoms with Crippen LogP contribution in [0.1, 0.15) is 23.2 Å². The number of hydrogen-bond acceptors (Lipinski definition) is 5. The first-order valence-corrected chi connectivity index (χ1v) is 6.40. The first-order chi connectivity index (χ1) is 9.52. The van der Waals surface area contributed by atoms with Crippen LogP contribution in [0.2, 0.25) is 0 Å². The van der Waals surface area contributed by atoms with Gasteiger partial charge in [0.05, 0.1) is 12.0 Å². The summed E-state index contributed by atoms with van der Waals surface area (Å²) < 4.78 is 4.97. The van der Waals surface area contributed by atoms with Gasteiger partial charge in [0.1, 0.15) is 0 Å². The molecule has 0 spiro atoms. The average Bonchev–Trinajstić information content (AvgIpc) is 2.46. The maximum absolute atomic E-state index is 12.3. The zero-order valence-corrected chi connectivity index (χ0v) is 11.2. The van der Waals surface area contributed by atoms with Gasteiger partial charge in [-0.3, -0.25) is 14.9 Å². The van der Waals surface area contributed by atoms with Gasteiger partial charge in [-0.15, -0.1) is 0 Å². The van der Waals surface area contributed by atoms with Crippen molar-refractivity contribution in [2.45, 2.75) is 18.9 Å². The molecule has 1 aromatic rings. The number of hydrogen-bond donors (Lipinski definition) is 1. The fraction of sp³-hybridized carbons (Fsp3) is 0.462. The molecule has 0 aromatic heterocycles. The van der Waals surface area contributed by atoms with Gasteiger partial charge in [0.2, 0.25) is 0 Å². The number of nitro benzene ring substituents is 1. The van der Waals surface area contributed by atoms with Crippen molar-refractivity contribution in [3.63, 3.8) is 0 Å². The highest BCUT2D eigenvalue weighted by molar-refractivity contribution is 5.95. The fourth-order valence-corrected chi connectivity index (χ4v) is 2.25. The number of nitrogens with zero attached hydrogens (tertiary/aromatic N) is 2. The molecular weight excluding hydrogens is 262 g/mol. The molecule has 0 aliphatic carbocycles. The molecule has 1 aliphatic rings. The van der Waals surface area contributed by atoms with Crippen molar-refractivity contribution in [3.05, 3.63) is 33.9 Å². The van der Waals surface area contributed by atoms with Gasteiger partial charge in [0, 0.05) is 36.8 Å². The van der Waals surface area contributed by atoms with E-state index in [1.807, 2.05) is 0 Å². The van der Waals surface area contributed by atoms with Gasteiger partial charge < -0.3 is 15.4 Å². The predicted octanol–water partition coefficient (Wildman–Crippen LogP) is 1.17. The van der Waals surface area contributed by atoms with Gasteiger partial charge in [-0.2, -0.15) is 0 Å². The first kappa shape index (κ1) is 14.3. The Morgan fingerprint density at radius 3 is 2.65 bits per heavy atom. The third kappa shape index (κ3) is 2.88. The molecule has 1 aromatic carbocycles. The first-order valence-electron chi connectivity index (χ1n) is 6.40. The summed E-state index contributed by atoms with van der Waals surface area (Å²) in [6.07, 6.45) is 1.55. The molecule has 1 aliphatic heterocycles. The number of amides is 1. The summed E-state index contributed by atoms with van der Waals surface area (Å²) in [5.41, 5.74) is 6.04. The number of carbonyl (C=O) groups excluding carboxylic acids is 1. The van der Waals surface area contributed by atoms with Crippen LogP contribution in [-0.2, 0) is 0 Å². The molecule has 2 rings (SSSR count). The third-order valence-electron chi connectivity index (χ3n) is 3.45.